The van der Waals surface area contributed by atoms with Crippen LogP contribution < -0.4 is 10.6 Å². The van der Waals surface area contributed by atoms with Crippen LogP contribution in [0.1, 0.15) is 31.4 Å². The van der Waals surface area contributed by atoms with Crippen molar-refractivity contribution in [2.75, 3.05) is 0 Å². The molecule has 0 bridgehead atoms. The van der Waals surface area contributed by atoms with Crippen molar-refractivity contribution in [2.24, 2.45) is 5.92 Å². The first-order valence-electron chi connectivity index (χ1n) is 10.00. The molecule has 0 unspecified atom stereocenters. The number of carboxylic acids is 1. The molecule has 2 aromatic carbocycles. The maximum atomic E-state index is 13.9. The van der Waals surface area contributed by atoms with E-state index in [1.807, 2.05) is 32.0 Å². The van der Waals surface area contributed by atoms with Gasteiger partial charge in [-0.15, -0.1) is 0 Å². The molecule has 0 aliphatic heterocycles. The second kappa shape index (κ2) is 11.7. The number of benzene rings is 2. The molecule has 7 nitrogen and oxygen atoms in total. The Morgan fingerprint density at radius 1 is 0.968 bits per heavy atom. The number of rotatable bonds is 10. The molecule has 0 spiro atoms. The largest absolute Gasteiger partial charge is 0.480 e. The summed E-state index contributed by atoms with van der Waals surface area (Å²) >= 11 is 0. The number of carbonyl (C=O) groups excluding carboxylic acids is 2. The van der Waals surface area contributed by atoms with Gasteiger partial charge in [0.2, 0.25) is 5.91 Å². The lowest BCUT2D eigenvalue weighted by Crippen LogP contribution is -2.52. The third kappa shape index (κ3) is 8.08. The van der Waals surface area contributed by atoms with E-state index >= 15 is 0 Å². The summed E-state index contributed by atoms with van der Waals surface area (Å²) in [6, 6.07) is 12.5. The number of carbonyl (C=O) groups is 3. The fourth-order valence-electron chi connectivity index (χ4n) is 2.97. The summed E-state index contributed by atoms with van der Waals surface area (Å²) in [6.45, 7) is 3.77. The number of hydrogen-bond donors (Lipinski definition) is 3. The van der Waals surface area contributed by atoms with Crippen LogP contribution in [0.15, 0.2) is 54.6 Å². The normalized spacial score (nSPS) is 12.6. The van der Waals surface area contributed by atoms with Crippen molar-refractivity contribution < 1.29 is 28.6 Å². The van der Waals surface area contributed by atoms with E-state index in [1.165, 1.54) is 18.2 Å². The van der Waals surface area contributed by atoms with E-state index in [0.717, 1.165) is 5.56 Å². The van der Waals surface area contributed by atoms with Crippen molar-refractivity contribution >= 4 is 18.0 Å². The number of halogens is 1. The van der Waals surface area contributed by atoms with E-state index in [9.17, 15) is 23.9 Å². The molecule has 0 aliphatic rings. The highest BCUT2D eigenvalue weighted by atomic mass is 19.1. The maximum Gasteiger partial charge on any atom is 0.408 e. The van der Waals surface area contributed by atoms with Crippen LogP contribution in [-0.2, 0) is 27.4 Å². The van der Waals surface area contributed by atoms with Crippen molar-refractivity contribution in [1.29, 1.82) is 0 Å². The van der Waals surface area contributed by atoms with Gasteiger partial charge in [-0.25, -0.2) is 14.0 Å². The fraction of sp³-hybridized carbons (Fsp3) is 0.348. The quantitative estimate of drug-likeness (QED) is 0.537. The molecule has 2 aromatic rings. The van der Waals surface area contributed by atoms with Crippen molar-refractivity contribution in [2.45, 2.75) is 45.4 Å². The molecule has 0 heterocycles. The molecule has 0 radical (unpaired) electrons. The van der Waals surface area contributed by atoms with Crippen molar-refractivity contribution in [3.63, 3.8) is 0 Å². The van der Waals surface area contributed by atoms with Crippen molar-refractivity contribution in [3.05, 3.63) is 71.5 Å². The molecular formula is C23H27FN2O5. The summed E-state index contributed by atoms with van der Waals surface area (Å²) in [5.74, 6) is -2.48. The van der Waals surface area contributed by atoms with Crippen LogP contribution in [0.5, 0.6) is 0 Å². The van der Waals surface area contributed by atoms with Crippen LogP contribution in [-0.4, -0.2) is 35.2 Å². The van der Waals surface area contributed by atoms with Gasteiger partial charge in [0.05, 0.1) is 0 Å². The SMILES string of the molecule is CC(C)C[C@H](NC(=O)OCc1ccccc1)C(=O)N[C@H](Cc1ccccc1F)C(=O)O. The molecule has 2 atom stereocenters. The Labute approximate surface area is 180 Å². The molecule has 8 heteroatoms. The number of nitrogens with one attached hydrogen (secondary N) is 2. The highest BCUT2D eigenvalue weighted by Crippen LogP contribution is 2.11. The number of amides is 2. The van der Waals surface area contributed by atoms with Gasteiger partial charge in [-0.3, -0.25) is 4.79 Å². The second-order valence-electron chi connectivity index (χ2n) is 7.58. The zero-order valence-corrected chi connectivity index (χ0v) is 17.5. The van der Waals surface area contributed by atoms with E-state index in [2.05, 4.69) is 10.6 Å². The van der Waals surface area contributed by atoms with E-state index in [-0.39, 0.29) is 30.9 Å². The molecule has 0 aromatic heterocycles. The highest BCUT2D eigenvalue weighted by Gasteiger charge is 2.28. The first-order chi connectivity index (χ1) is 14.8. The summed E-state index contributed by atoms with van der Waals surface area (Å²) in [7, 11) is 0. The van der Waals surface area contributed by atoms with Gasteiger partial charge in [-0.2, -0.15) is 0 Å². The fourth-order valence-corrected chi connectivity index (χ4v) is 2.97. The second-order valence-corrected chi connectivity index (χ2v) is 7.58. The van der Waals surface area contributed by atoms with E-state index in [4.69, 9.17) is 4.74 Å². The van der Waals surface area contributed by atoms with Gasteiger partial charge >= 0.3 is 12.1 Å². The summed E-state index contributed by atoms with van der Waals surface area (Å²) in [5.41, 5.74) is 0.962. The minimum Gasteiger partial charge on any atom is -0.480 e. The van der Waals surface area contributed by atoms with Gasteiger partial charge in [0.1, 0.15) is 24.5 Å². The molecule has 0 aliphatic carbocycles. The van der Waals surface area contributed by atoms with E-state index in [1.54, 1.807) is 18.2 Å². The van der Waals surface area contributed by atoms with Crippen LogP contribution >= 0.6 is 0 Å². The first-order valence-corrected chi connectivity index (χ1v) is 10.00. The Morgan fingerprint density at radius 3 is 2.23 bits per heavy atom. The Balaban J connectivity index is 2.01. The van der Waals surface area contributed by atoms with E-state index < -0.39 is 35.9 Å². The molecule has 2 rings (SSSR count). The van der Waals surface area contributed by atoms with Crippen LogP contribution in [0, 0.1) is 11.7 Å². The minimum atomic E-state index is -1.35. The Bertz CT molecular complexity index is 889. The Hall–Kier alpha value is -3.42. The summed E-state index contributed by atoms with van der Waals surface area (Å²) in [6.07, 6.45) is -0.732. The topological polar surface area (TPSA) is 105 Å². The van der Waals surface area contributed by atoms with Crippen LogP contribution in [0.4, 0.5) is 9.18 Å². The van der Waals surface area contributed by atoms with Gasteiger partial charge in [-0.05, 0) is 29.5 Å². The predicted octanol–water partition coefficient (Wildman–Crippen LogP) is 3.28. The number of carboxylic acid groups (broad SMARTS) is 1. The van der Waals surface area contributed by atoms with Crippen molar-refractivity contribution in [3.8, 4) is 0 Å². The maximum absolute atomic E-state index is 13.9. The standard InChI is InChI=1S/C23H27FN2O5/c1-15(2)12-19(26-23(30)31-14-16-8-4-3-5-9-16)21(27)25-20(22(28)29)13-17-10-6-7-11-18(17)24/h3-11,15,19-20H,12-14H2,1-2H3,(H,25,27)(H,26,30)(H,28,29)/t19-,20+/m0/s1. The molecule has 31 heavy (non-hydrogen) atoms. The van der Waals surface area contributed by atoms with Gasteiger partial charge < -0.3 is 20.5 Å². The Morgan fingerprint density at radius 2 is 1.61 bits per heavy atom. The lowest BCUT2D eigenvalue weighted by atomic mass is 10.0. The van der Waals surface area contributed by atoms with Crippen molar-refractivity contribution in [1.82, 2.24) is 10.6 Å². The van der Waals surface area contributed by atoms with Gasteiger partial charge in [0, 0.05) is 6.42 Å². The van der Waals surface area contributed by atoms with Gasteiger partial charge in [0.25, 0.3) is 0 Å². The third-order valence-electron chi connectivity index (χ3n) is 4.52. The molecule has 0 saturated heterocycles. The molecule has 3 N–H and O–H groups in total. The number of alkyl carbamates (subject to hydrolysis) is 1. The number of ether oxygens (including phenoxy) is 1. The summed E-state index contributed by atoms with van der Waals surface area (Å²) in [4.78, 5) is 36.6. The molecular weight excluding hydrogens is 403 g/mol. The minimum absolute atomic E-state index is 0.0354. The molecule has 2 amide bonds. The smallest absolute Gasteiger partial charge is 0.408 e. The van der Waals surface area contributed by atoms with Crippen LogP contribution in [0.25, 0.3) is 0 Å². The highest BCUT2D eigenvalue weighted by molar-refractivity contribution is 5.89. The van der Waals surface area contributed by atoms with Gasteiger partial charge in [0.15, 0.2) is 0 Å². The van der Waals surface area contributed by atoms with Crippen LogP contribution in [0.3, 0.4) is 0 Å². The Kier molecular flexibility index (Phi) is 8.99. The summed E-state index contributed by atoms with van der Waals surface area (Å²) < 4.78 is 19.1. The number of aliphatic carboxylic acids is 1. The molecule has 166 valence electrons. The number of hydrogen-bond acceptors (Lipinski definition) is 4. The van der Waals surface area contributed by atoms with Gasteiger partial charge in [-0.1, -0.05) is 62.4 Å². The predicted molar refractivity (Wildman–Crippen MR) is 113 cm³/mol. The summed E-state index contributed by atoms with van der Waals surface area (Å²) in [5, 5.41) is 14.4. The average molecular weight is 430 g/mol. The lowest BCUT2D eigenvalue weighted by molar-refractivity contribution is -0.142. The first kappa shape index (κ1) is 23.9. The average Bonchev–Trinajstić information content (AvgIpc) is 2.73. The third-order valence-corrected chi connectivity index (χ3v) is 4.52. The molecule has 0 fully saturated rings. The monoisotopic (exact) mass is 430 g/mol. The lowest BCUT2D eigenvalue weighted by Gasteiger charge is -2.22. The van der Waals surface area contributed by atoms with E-state index in [0.29, 0.717) is 0 Å². The zero-order chi connectivity index (χ0) is 22.8. The zero-order valence-electron chi connectivity index (χ0n) is 17.5. The van der Waals surface area contributed by atoms with Crippen LogP contribution in [0.2, 0.25) is 0 Å². The molecule has 0 saturated carbocycles.